The first kappa shape index (κ1) is 21.9. The van der Waals surface area contributed by atoms with Crippen molar-refractivity contribution in [3.63, 3.8) is 0 Å². The van der Waals surface area contributed by atoms with Gasteiger partial charge in [-0.1, -0.05) is 24.3 Å². The monoisotopic (exact) mass is 429 g/mol. The van der Waals surface area contributed by atoms with E-state index in [1.54, 1.807) is 36.4 Å². The molecular formula is C23H15N3O6. The van der Waals surface area contributed by atoms with Crippen LogP contribution in [0.1, 0.15) is 21.5 Å². The van der Waals surface area contributed by atoms with E-state index >= 15 is 0 Å². The number of Topliss-reactive ketones (excluding diaryl/α,β-unsaturated/α-hetero) is 1. The number of hydrogen-bond donors (Lipinski definition) is 0. The van der Waals surface area contributed by atoms with Gasteiger partial charge in [0.2, 0.25) is 5.78 Å². The van der Waals surface area contributed by atoms with Crippen molar-refractivity contribution in [2.24, 2.45) is 0 Å². The van der Waals surface area contributed by atoms with E-state index in [2.05, 4.69) is 0 Å². The van der Waals surface area contributed by atoms with Gasteiger partial charge >= 0.3 is 0 Å². The van der Waals surface area contributed by atoms with Crippen LogP contribution in [0.2, 0.25) is 0 Å². The van der Waals surface area contributed by atoms with Crippen molar-refractivity contribution in [1.82, 2.24) is 0 Å². The van der Waals surface area contributed by atoms with Crippen molar-refractivity contribution in [1.29, 1.82) is 5.26 Å². The molecule has 0 amide bonds. The van der Waals surface area contributed by atoms with E-state index in [1.165, 1.54) is 36.4 Å². The molecule has 32 heavy (non-hydrogen) atoms. The van der Waals surface area contributed by atoms with Crippen LogP contribution in [0.25, 0.3) is 6.08 Å². The molecule has 0 aliphatic carbocycles. The Morgan fingerprint density at radius 3 is 2.28 bits per heavy atom. The summed E-state index contributed by atoms with van der Waals surface area (Å²) >= 11 is 0. The lowest BCUT2D eigenvalue weighted by molar-refractivity contribution is -0.385. The van der Waals surface area contributed by atoms with E-state index < -0.39 is 15.6 Å². The predicted octanol–water partition coefficient (Wildman–Crippen LogP) is 4.87. The molecule has 0 unspecified atom stereocenters. The summed E-state index contributed by atoms with van der Waals surface area (Å²) in [5, 5.41) is 31.1. The minimum Gasteiger partial charge on any atom is -0.489 e. The Morgan fingerprint density at radius 1 is 0.938 bits per heavy atom. The number of hydrogen-bond acceptors (Lipinski definition) is 7. The molecule has 0 atom stereocenters. The third kappa shape index (κ3) is 5.40. The first-order chi connectivity index (χ1) is 15.4. The van der Waals surface area contributed by atoms with Crippen LogP contribution >= 0.6 is 0 Å². The fraction of sp³-hybridized carbons (Fsp3) is 0.0435. The van der Waals surface area contributed by atoms with Crippen molar-refractivity contribution in [2.45, 2.75) is 6.61 Å². The minimum absolute atomic E-state index is 0.0154. The molecule has 0 radical (unpaired) electrons. The number of benzene rings is 3. The summed E-state index contributed by atoms with van der Waals surface area (Å²) in [6.07, 6.45) is 1.37. The highest BCUT2D eigenvalue weighted by atomic mass is 16.6. The third-order valence-electron chi connectivity index (χ3n) is 4.41. The van der Waals surface area contributed by atoms with Gasteiger partial charge in [-0.05, 0) is 41.5 Å². The Kier molecular flexibility index (Phi) is 6.68. The molecule has 0 heterocycles. The average Bonchev–Trinajstić information content (AvgIpc) is 2.81. The van der Waals surface area contributed by atoms with Crippen LogP contribution in [0.15, 0.2) is 78.4 Å². The van der Waals surface area contributed by atoms with Gasteiger partial charge in [-0.3, -0.25) is 25.0 Å². The van der Waals surface area contributed by atoms with Gasteiger partial charge in [0.1, 0.15) is 24.0 Å². The standard InChI is InChI=1S/C23H15N3O6/c24-14-19(23(27)18-4-2-5-21(13-18)26(30)31)11-17-3-1-6-22(12-17)32-15-16-7-9-20(10-8-16)25(28)29/h1-13H,15H2/b19-11+. The Morgan fingerprint density at radius 2 is 1.62 bits per heavy atom. The zero-order valence-corrected chi connectivity index (χ0v) is 16.5. The van der Waals surface area contributed by atoms with Crippen LogP contribution < -0.4 is 4.74 Å². The molecule has 0 aliphatic heterocycles. The number of ether oxygens (including phenoxy) is 1. The van der Waals surface area contributed by atoms with Crippen molar-refractivity contribution in [3.05, 3.63) is 115 Å². The highest BCUT2D eigenvalue weighted by molar-refractivity contribution is 6.14. The number of non-ortho nitro benzene ring substituents is 2. The molecular weight excluding hydrogens is 414 g/mol. The van der Waals surface area contributed by atoms with E-state index in [9.17, 15) is 30.3 Å². The largest absolute Gasteiger partial charge is 0.489 e. The SMILES string of the molecule is N#C/C(=C\c1cccc(OCc2ccc([N+](=O)[O-])cc2)c1)C(=O)c1cccc([N+](=O)[O-])c1. The lowest BCUT2D eigenvalue weighted by Gasteiger charge is -2.07. The molecule has 158 valence electrons. The number of carbonyl (C=O) groups is 1. The van der Waals surface area contributed by atoms with E-state index in [0.717, 1.165) is 11.6 Å². The number of ketones is 1. The first-order valence-corrected chi connectivity index (χ1v) is 9.24. The maximum atomic E-state index is 12.6. The van der Waals surface area contributed by atoms with Gasteiger partial charge < -0.3 is 4.74 Å². The van der Waals surface area contributed by atoms with E-state index in [1.807, 2.05) is 6.07 Å². The molecule has 3 aromatic carbocycles. The van der Waals surface area contributed by atoms with Gasteiger partial charge in [0.15, 0.2) is 0 Å². The topological polar surface area (TPSA) is 136 Å². The fourth-order valence-electron chi connectivity index (χ4n) is 2.81. The van der Waals surface area contributed by atoms with Crippen LogP contribution in [0.3, 0.4) is 0 Å². The summed E-state index contributed by atoms with van der Waals surface area (Å²) in [6.45, 7) is 0.170. The second-order valence-electron chi connectivity index (χ2n) is 6.59. The normalized spacial score (nSPS) is 10.8. The molecule has 0 aliphatic rings. The molecule has 3 rings (SSSR count). The zero-order chi connectivity index (χ0) is 23.1. The molecule has 0 N–H and O–H groups in total. The molecule has 0 aromatic heterocycles. The number of nitrogens with zero attached hydrogens (tertiary/aromatic N) is 3. The first-order valence-electron chi connectivity index (χ1n) is 9.24. The van der Waals surface area contributed by atoms with Gasteiger partial charge in [0.25, 0.3) is 11.4 Å². The van der Waals surface area contributed by atoms with Gasteiger partial charge in [0.05, 0.1) is 9.85 Å². The summed E-state index contributed by atoms with van der Waals surface area (Å²) in [7, 11) is 0. The highest BCUT2D eigenvalue weighted by Crippen LogP contribution is 2.21. The second kappa shape index (κ2) is 9.77. The third-order valence-corrected chi connectivity index (χ3v) is 4.41. The summed E-state index contributed by atoms with van der Waals surface area (Å²) in [5.74, 6) is -0.161. The molecule has 0 fully saturated rings. The molecule has 0 bridgehead atoms. The summed E-state index contributed by atoms with van der Waals surface area (Å²) in [4.78, 5) is 33.2. The van der Waals surface area contributed by atoms with Crippen molar-refractivity contribution < 1.29 is 19.4 Å². The number of nitriles is 1. The summed E-state index contributed by atoms with van der Waals surface area (Å²) in [6, 6.07) is 19.6. The minimum atomic E-state index is -0.631. The molecule has 0 saturated carbocycles. The number of nitro benzene ring substituents is 2. The molecule has 9 heteroatoms. The number of carbonyl (C=O) groups excluding carboxylic acids is 1. The highest BCUT2D eigenvalue weighted by Gasteiger charge is 2.16. The molecule has 3 aromatic rings. The van der Waals surface area contributed by atoms with Gasteiger partial charge in [-0.15, -0.1) is 0 Å². The van der Waals surface area contributed by atoms with Crippen LogP contribution in [-0.2, 0) is 6.61 Å². The number of nitro groups is 2. The fourth-order valence-corrected chi connectivity index (χ4v) is 2.81. The Labute approximate surface area is 182 Å². The van der Waals surface area contributed by atoms with Gasteiger partial charge in [-0.25, -0.2) is 0 Å². The van der Waals surface area contributed by atoms with E-state index in [-0.39, 0.29) is 29.1 Å². The van der Waals surface area contributed by atoms with Crippen molar-refractivity contribution in [3.8, 4) is 11.8 Å². The van der Waals surface area contributed by atoms with Gasteiger partial charge in [0, 0.05) is 29.8 Å². The molecule has 0 spiro atoms. The second-order valence-corrected chi connectivity index (χ2v) is 6.59. The quantitative estimate of drug-likeness (QED) is 0.164. The molecule has 0 saturated heterocycles. The summed E-state index contributed by atoms with van der Waals surface area (Å²) in [5.41, 5.74) is 0.861. The van der Waals surface area contributed by atoms with Crippen LogP contribution in [0.5, 0.6) is 5.75 Å². The Bertz CT molecular complexity index is 1260. The van der Waals surface area contributed by atoms with Crippen LogP contribution in [-0.4, -0.2) is 15.6 Å². The smallest absolute Gasteiger partial charge is 0.270 e. The Balaban J connectivity index is 1.76. The maximum Gasteiger partial charge on any atom is 0.270 e. The Hall–Kier alpha value is -4.84. The predicted molar refractivity (Wildman–Crippen MR) is 115 cm³/mol. The van der Waals surface area contributed by atoms with E-state index in [4.69, 9.17) is 4.74 Å². The van der Waals surface area contributed by atoms with Crippen molar-refractivity contribution >= 4 is 23.2 Å². The number of rotatable bonds is 8. The molecule has 9 nitrogen and oxygen atoms in total. The zero-order valence-electron chi connectivity index (χ0n) is 16.5. The van der Waals surface area contributed by atoms with Gasteiger partial charge in [-0.2, -0.15) is 5.26 Å². The average molecular weight is 429 g/mol. The van der Waals surface area contributed by atoms with Crippen LogP contribution in [0.4, 0.5) is 11.4 Å². The van der Waals surface area contributed by atoms with E-state index in [0.29, 0.717) is 11.3 Å². The lowest BCUT2D eigenvalue weighted by Crippen LogP contribution is -2.03. The number of allylic oxidation sites excluding steroid dienone is 1. The van der Waals surface area contributed by atoms with Crippen LogP contribution in [0, 0.1) is 31.6 Å². The summed E-state index contributed by atoms with van der Waals surface area (Å²) < 4.78 is 5.69. The maximum absolute atomic E-state index is 12.6. The lowest BCUT2D eigenvalue weighted by atomic mass is 10.0. The van der Waals surface area contributed by atoms with Crippen molar-refractivity contribution in [2.75, 3.05) is 0 Å².